The highest BCUT2D eigenvalue weighted by atomic mass is 32.2. The van der Waals surface area contributed by atoms with Crippen LogP contribution in [0.15, 0.2) is 18.2 Å². The van der Waals surface area contributed by atoms with Crippen LogP contribution in [0.2, 0.25) is 0 Å². The predicted molar refractivity (Wildman–Crippen MR) is 75.8 cm³/mol. The van der Waals surface area contributed by atoms with E-state index in [1.807, 2.05) is 13.0 Å². The number of hydrogen-bond donors (Lipinski definition) is 0. The molecule has 19 heavy (non-hydrogen) atoms. The molecule has 0 bridgehead atoms. The zero-order valence-corrected chi connectivity index (χ0v) is 12.2. The van der Waals surface area contributed by atoms with Crippen molar-refractivity contribution in [3.05, 3.63) is 29.3 Å². The molecular formula is C14H18O4S. The van der Waals surface area contributed by atoms with Gasteiger partial charge in [-0.3, -0.25) is 9.59 Å². The molecule has 0 aliphatic rings. The number of methoxy groups -OCH3 is 1. The quantitative estimate of drug-likeness (QED) is 0.568. The number of rotatable bonds is 7. The average Bonchev–Trinajstić information content (AvgIpc) is 2.40. The standard InChI is InChI=1S/C14H18O4S/c1-4-18-13-6-5-11(10(2)15)7-12(13)8-19-9-14(16)17-3/h5-7H,4,8-9H2,1-3H3. The van der Waals surface area contributed by atoms with E-state index < -0.39 is 0 Å². The summed E-state index contributed by atoms with van der Waals surface area (Å²) in [5, 5.41) is 0. The first-order valence-electron chi connectivity index (χ1n) is 5.99. The number of esters is 1. The molecule has 1 rings (SSSR count). The van der Waals surface area contributed by atoms with Crippen LogP contribution in [-0.2, 0) is 15.3 Å². The average molecular weight is 282 g/mol. The highest BCUT2D eigenvalue weighted by molar-refractivity contribution is 7.99. The van der Waals surface area contributed by atoms with Gasteiger partial charge in [0.05, 0.1) is 19.5 Å². The van der Waals surface area contributed by atoms with Crippen molar-refractivity contribution < 1.29 is 19.1 Å². The Bertz CT molecular complexity index is 457. The van der Waals surface area contributed by atoms with E-state index in [-0.39, 0.29) is 17.5 Å². The van der Waals surface area contributed by atoms with Gasteiger partial charge in [0.15, 0.2) is 5.78 Å². The fourth-order valence-electron chi connectivity index (χ4n) is 1.51. The summed E-state index contributed by atoms with van der Waals surface area (Å²) in [5.41, 5.74) is 1.57. The van der Waals surface area contributed by atoms with Crippen LogP contribution in [0.1, 0.15) is 29.8 Å². The van der Waals surface area contributed by atoms with Crippen LogP contribution in [0, 0.1) is 0 Å². The molecule has 0 amide bonds. The van der Waals surface area contributed by atoms with Crippen molar-refractivity contribution in [1.29, 1.82) is 0 Å². The first kappa shape index (κ1) is 15.6. The summed E-state index contributed by atoms with van der Waals surface area (Å²) in [4.78, 5) is 22.4. The van der Waals surface area contributed by atoms with Crippen molar-refractivity contribution in [3.63, 3.8) is 0 Å². The Morgan fingerprint density at radius 1 is 1.32 bits per heavy atom. The number of thioether (sulfide) groups is 1. The molecule has 0 aliphatic heterocycles. The summed E-state index contributed by atoms with van der Waals surface area (Å²) in [6.45, 7) is 4.00. The van der Waals surface area contributed by atoms with Crippen LogP contribution in [-0.4, -0.2) is 31.2 Å². The van der Waals surface area contributed by atoms with Gasteiger partial charge in [-0.2, -0.15) is 0 Å². The lowest BCUT2D eigenvalue weighted by molar-refractivity contribution is -0.137. The van der Waals surface area contributed by atoms with Gasteiger partial charge >= 0.3 is 5.97 Å². The maximum Gasteiger partial charge on any atom is 0.315 e. The van der Waals surface area contributed by atoms with Crippen molar-refractivity contribution >= 4 is 23.5 Å². The Kier molecular flexibility index (Phi) is 6.42. The van der Waals surface area contributed by atoms with Crippen LogP contribution in [0.25, 0.3) is 0 Å². The molecule has 1 aromatic carbocycles. The summed E-state index contributed by atoms with van der Waals surface area (Å²) >= 11 is 1.43. The van der Waals surface area contributed by atoms with Gasteiger partial charge in [0, 0.05) is 16.9 Å². The minimum absolute atomic E-state index is 0.0160. The maximum atomic E-state index is 11.4. The van der Waals surface area contributed by atoms with Crippen LogP contribution in [0.4, 0.5) is 0 Å². The summed E-state index contributed by atoms with van der Waals surface area (Å²) in [5.74, 6) is 1.40. The van der Waals surface area contributed by atoms with Crippen LogP contribution < -0.4 is 4.74 Å². The Hall–Kier alpha value is -1.49. The third-order valence-corrected chi connectivity index (χ3v) is 3.43. The lowest BCUT2D eigenvalue weighted by atomic mass is 10.1. The lowest BCUT2D eigenvalue weighted by Gasteiger charge is -2.11. The first-order valence-corrected chi connectivity index (χ1v) is 7.15. The SMILES string of the molecule is CCOc1ccc(C(C)=O)cc1CSCC(=O)OC. The lowest BCUT2D eigenvalue weighted by Crippen LogP contribution is -2.04. The second-order valence-corrected chi connectivity index (χ2v) is 4.87. The van der Waals surface area contributed by atoms with Gasteiger partial charge in [0.1, 0.15) is 5.75 Å². The number of carbonyl (C=O) groups is 2. The summed E-state index contributed by atoms with van der Waals surface area (Å²) in [7, 11) is 1.37. The van der Waals surface area contributed by atoms with Crippen molar-refractivity contribution in [2.24, 2.45) is 0 Å². The summed E-state index contributed by atoms with van der Waals surface area (Å²) in [6.07, 6.45) is 0. The van der Waals surface area contributed by atoms with Gasteiger partial charge in [-0.05, 0) is 32.0 Å². The molecule has 0 atom stereocenters. The van der Waals surface area contributed by atoms with Crippen LogP contribution in [0.5, 0.6) is 5.75 Å². The molecule has 0 fully saturated rings. The third-order valence-electron chi connectivity index (χ3n) is 2.47. The van der Waals surface area contributed by atoms with Crippen molar-refractivity contribution in [1.82, 2.24) is 0 Å². The molecule has 0 radical (unpaired) electrons. The molecule has 104 valence electrons. The zero-order valence-electron chi connectivity index (χ0n) is 11.4. The van der Waals surface area contributed by atoms with E-state index in [9.17, 15) is 9.59 Å². The maximum absolute atomic E-state index is 11.4. The topological polar surface area (TPSA) is 52.6 Å². The monoisotopic (exact) mass is 282 g/mol. The van der Waals surface area contributed by atoms with E-state index in [0.29, 0.717) is 17.9 Å². The smallest absolute Gasteiger partial charge is 0.315 e. The predicted octanol–water partition coefficient (Wildman–Crippen LogP) is 2.69. The number of ether oxygens (including phenoxy) is 2. The minimum Gasteiger partial charge on any atom is -0.494 e. The number of benzene rings is 1. The van der Waals surface area contributed by atoms with Gasteiger partial charge in [0.2, 0.25) is 0 Å². The van der Waals surface area contributed by atoms with Crippen LogP contribution in [0.3, 0.4) is 0 Å². The highest BCUT2D eigenvalue weighted by Crippen LogP contribution is 2.25. The highest BCUT2D eigenvalue weighted by Gasteiger charge is 2.09. The van der Waals surface area contributed by atoms with Gasteiger partial charge in [-0.25, -0.2) is 0 Å². The molecule has 0 heterocycles. The largest absolute Gasteiger partial charge is 0.494 e. The van der Waals surface area contributed by atoms with Gasteiger partial charge in [-0.1, -0.05) is 0 Å². The van der Waals surface area contributed by atoms with E-state index in [2.05, 4.69) is 4.74 Å². The van der Waals surface area contributed by atoms with Gasteiger partial charge in [0.25, 0.3) is 0 Å². The molecule has 4 nitrogen and oxygen atoms in total. The number of Topliss-reactive ketones (excluding diaryl/α,β-unsaturated/α-hetero) is 1. The van der Waals surface area contributed by atoms with Gasteiger partial charge < -0.3 is 9.47 Å². The molecule has 0 spiro atoms. The van der Waals surface area contributed by atoms with E-state index in [0.717, 1.165) is 11.3 Å². The zero-order chi connectivity index (χ0) is 14.3. The molecule has 0 aromatic heterocycles. The number of hydrogen-bond acceptors (Lipinski definition) is 5. The minimum atomic E-state index is -0.259. The third kappa shape index (κ3) is 4.95. The second-order valence-electron chi connectivity index (χ2n) is 3.88. The molecule has 0 unspecified atom stereocenters. The Morgan fingerprint density at radius 2 is 2.05 bits per heavy atom. The molecule has 0 saturated heterocycles. The van der Waals surface area contributed by atoms with E-state index in [1.165, 1.54) is 25.8 Å². The van der Waals surface area contributed by atoms with E-state index in [1.54, 1.807) is 12.1 Å². The molecule has 0 N–H and O–H groups in total. The molecule has 0 saturated carbocycles. The van der Waals surface area contributed by atoms with E-state index in [4.69, 9.17) is 4.74 Å². The van der Waals surface area contributed by atoms with Crippen molar-refractivity contribution in [2.45, 2.75) is 19.6 Å². The Balaban J connectivity index is 2.79. The first-order chi connectivity index (χ1) is 9.08. The number of carbonyl (C=O) groups excluding carboxylic acids is 2. The van der Waals surface area contributed by atoms with Crippen LogP contribution >= 0.6 is 11.8 Å². The second kappa shape index (κ2) is 7.84. The fourth-order valence-corrected chi connectivity index (χ4v) is 2.34. The summed E-state index contributed by atoms with van der Waals surface area (Å²) < 4.78 is 10.1. The molecule has 5 heteroatoms. The number of ketones is 1. The summed E-state index contributed by atoms with van der Waals surface area (Å²) in [6, 6.07) is 5.37. The van der Waals surface area contributed by atoms with Crippen molar-refractivity contribution in [2.75, 3.05) is 19.5 Å². The molecular weight excluding hydrogens is 264 g/mol. The molecule has 1 aromatic rings. The Morgan fingerprint density at radius 3 is 2.63 bits per heavy atom. The normalized spacial score (nSPS) is 10.1. The van der Waals surface area contributed by atoms with E-state index >= 15 is 0 Å². The van der Waals surface area contributed by atoms with Gasteiger partial charge in [-0.15, -0.1) is 11.8 Å². The van der Waals surface area contributed by atoms with Crippen molar-refractivity contribution in [3.8, 4) is 5.75 Å². The Labute approximate surface area is 117 Å². The molecule has 0 aliphatic carbocycles. The fraction of sp³-hybridized carbons (Fsp3) is 0.429.